The van der Waals surface area contributed by atoms with Gasteiger partial charge in [-0.1, -0.05) is 12.1 Å². The number of fused-ring (bicyclic) bond motifs is 1. The fourth-order valence-electron chi connectivity index (χ4n) is 3.06. The van der Waals surface area contributed by atoms with Crippen LogP contribution in [0, 0.1) is 13.8 Å². The first-order valence-electron chi connectivity index (χ1n) is 9.04. The molecular formula is C20H28IN5S. The van der Waals surface area contributed by atoms with Crippen molar-refractivity contribution < 1.29 is 0 Å². The number of nitrogens with zero attached hydrogens (tertiary/aromatic N) is 3. The smallest absolute Gasteiger partial charge is 0.194 e. The Morgan fingerprint density at radius 3 is 2.85 bits per heavy atom. The van der Waals surface area contributed by atoms with Crippen LogP contribution in [-0.4, -0.2) is 41.0 Å². The van der Waals surface area contributed by atoms with Crippen LogP contribution in [0.25, 0.3) is 10.9 Å². The molecule has 0 bridgehead atoms. The minimum atomic E-state index is 0. The van der Waals surface area contributed by atoms with Crippen LogP contribution in [0.1, 0.15) is 28.8 Å². The topological polar surface area (TPSA) is 56.3 Å². The second kappa shape index (κ2) is 10.1. The van der Waals surface area contributed by atoms with Crippen molar-refractivity contribution in [3.8, 4) is 0 Å². The molecule has 3 rings (SSSR count). The number of aliphatic imine (C=N–C) groups is 1. The van der Waals surface area contributed by atoms with Gasteiger partial charge in [-0.2, -0.15) is 0 Å². The number of guanidine groups is 1. The Bertz CT molecular complexity index is 899. The molecule has 0 aliphatic rings. The van der Waals surface area contributed by atoms with Gasteiger partial charge in [0.15, 0.2) is 5.96 Å². The Labute approximate surface area is 182 Å². The highest BCUT2D eigenvalue weighted by Crippen LogP contribution is 2.20. The molecule has 2 aromatic heterocycles. The summed E-state index contributed by atoms with van der Waals surface area (Å²) in [6.45, 7) is 8.62. The summed E-state index contributed by atoms with van der Waals surface area (Å²) >= 11 is 1.69. The summed E-state index contributed by atoms with van der Waals surface area (Å²) in [5.74, 6) is 0.925. The lowest BCUT2D eigenvalue weighted by atomic mass is 10.1. The summed E-state index contributed by atoms with van der Waals surface area (Å²) in [7, 11) is 2.06. The van der Waals surface area contributed by atoms with E-state index >= 15 is 0 Å². The molecule has 1 aromatic carbocycles. The molecule has 27 heavy (non-hydrogen) atoms. The molecule has 0 saturated heterocycles. The van der Waals surface area contributed by atoms with E-state index in [0.29, 0.717) is 0 Å². The molecule has 0 atom stereocenters. The Morgan fingerprint density at radius 2 is 2.15 bits per heavy atom. The van der Waals surface area contributed by atoms with Crippen molar-refractivity contribution in [1.82, 2.24) is 20.2 Å². The zero-order valence-corrected chi connectivity index (χ0v) is 19.5. The van der Waals surface area contributed by atoms with Gasteiger partial charge in [0.05, 0.1) is 17.2 Å². The van der Waals surface area contributed by atoms with E-state index in [1.807, 2.05) is 6.92 Å². The van der Waals surface area contributed by atoms with Crippen molar-refractivity contribution in [2.45, 2.75) is 33.7 Å². The van der Waals surface area contributed by atoms with Crippen molar-refractivity contribution in [3.05, 3.63) is 51.6 Å². The second-order valence-corrected chi connectivity index (χ2v) is 7.62. The van der Waals surface area contributed by atoms with Gasteiger partial charge in [0.1, 0.15) is 0 Å². The van der Waals surface area contributed by atoms with Gasteiger partial charge >= 0.3 is 0 Å². The molecular weight excluding hydrogens is 469 g/mol. The molecule has 0 amide bonds. The Morgan fingerprint density at radius 1 is 1.33 bits per heavy atom. The van der Waals surface area contributed by atoms with E-state index in [0.717, 1.165) is 42.7 Å². The van der Waals surface area contributed by atoms with Crippen LogP contribution in [0.5, 0.6) is 0 Å². The average molecular weight is 497 g/mol. The predicted molar refractivity (Wildman–Crippen MR) is 126 cm³/mol. The molecule has 0 aliphatic heterocycles. The fourth-order valence-corrected chi connectivity index (χ4v) is 3.66. The maximum absolute atomic E-state index is 4.81. The van der Waals surface area contributed by atoms with Gasteiger partial charge in [-0.05, 0) is 44.4 Å². The van der Waals surface area contributed by atoms with Crippen LogP contribution in [0.4, 0.5) is 0 Å². The third-order valence-corrected chi connectivity index (χ3v) is 5.15. The summed E-state index contributed by atoms with van der Waals surface area (Å²) in [5, 5.41) is 7.89. The van der Waals surface area contributed by atoms with Crippen LogP contribution < -0.4 is 5.32 Å². The predicted octanol–water partition coefficient (Wildman–Crippen LogP) is 4.50. The fraction of sp³-hybridized carbons (Fsp3) is 0.400. The highest BCUT2D eigenvalue weighted by molar-refractivity contribution is 14.0. The molecule has 0 fully saturated rings. The van der Waals surface area contributed by atoms with Crippen molar-refractivity contribution in [1.29, 1.82) is 0 Å². The van der Waals surface area contributed by atoms with Crippen LogP contribution in [-0.2, 0) is 13.0 Å². The van der Waals surface area contributed by atoms with Crippen molar-refractivity contribution in [2.24, 2.45) is 4.99 Å². The van der Waals surface area contributed by atoms with Gasteiger partial charge in [0.2, 0.25) is 0 Å². The molecule has 2 heterocycles. The zero-order valence-electron chi connectivity index (χ0n) is 16.4. The number of aromatic amines is 1. The molecule has 0 unspecified atom stereocenters. The molecule has 5 nitrogen and oxygen atoms in total. The summed E-state index contributed by atoms with van der Waals surface area (Å²) < 4.78 is 0. The highest BCUT2D eigenvalue weighted by atomic mass is 127. The van der Waals surface area contributed by atoms with Gasteiger partial charge in [-0.15, -0.1) is 35.3 Å². The molecule has 2 N–H and O–H groups in total. The number of nitrogens with one attached hydrogen (secondary N) is 2. The number of hydrogen-bond acceptors (Lipinski definition) is 3. The molecule has 3 aromatic rings. The summed E-state index contributed by atoms with van der Waals surface area (Å²) in [4.78, 5) is 14.9. The Hall–Kier alpha value is -1.61. The molecule has 146 valence electrons. The first-order valence-corrected chi connectivity index (χ1v) is 9.92. The van der Waals surface area contributed by atoms with E-state index in [-0.39, 0.29) is 24.0 Å². The lowest BCUT2D eigenvalue weighted by Crippen LogP contribution is -2.38. The lowest BCUT2D eigenvalue weighted by Gasteiger charge is -2.21. The number of hydrogen-bond donors (Lipinski definition) is 2. The Balaban J connectivity index is 0.00000261. The van der Waals surface area contributed by atoms with Crippen LogP contribution in [0.15, 0.2) is 34.8 Å². The summed E-state index contributed by atoms with van der Waals surface area (Å²) in [6, 6.07) is 6.55. The monoisotopic (exact) mass is 497 g/mol. The highest BCUT2D eigenvalue weighted by Gasteiger charge is 2.09. The number of rotatable bonds is 6. The van der Waals surface area contributed by atoms with Gasteiger partial charge < -0.3 is 15.2 Å². The average Bonchev–Trinajstić information content (AvgIpc) is 3.20. The van der Waals surface area contributed by atoms with Crippen LogP contribution in [0.3, 0.4) is 0 Å². The van der Waals surface area contributed by atoms with Gasteiger partial charge in [0, 0.05) is 42.6 Å². The van der Waals surface area contributed by atoms with Crippen LogP contribution >= 0.6 is 35.3 Å². The molecule has 0 radical (unpaired) electrons. The van der Waals surface area contributed by atoms with Crippen molar-refractivity contribution in [2.75, 3.05) is 20.1 Å². The third kappa shape index (κ3) is 5.68. The number of halogens is 1. The minimum absolute atomic E-state index is 0. The van der Waals surface area contributed by atoms with E-state index in [2.05, 4.69) is 70.9 Å². The largest absolute Gasteiger partial charge is 0.361 e. The molecule has 0 saturated carbocycles. The molecule has 0 aliphatic carbocycles. The van der Waals surface area contributed by atoms with Crippen LogP contribution in [0.2, 0.25) is 0 Å². The standard InChI is InChI=1S/C20H27N5S.HI/c1-5-21-20(25(4)12-17-13-26-15(3)24-17)22-9-8-16-11-23-19-10-14(2)6-7-18(16)19;/h6-7,10-11,13,23H,5,8-9,12H2,1-4H3,(H,21,22);1H. The number of aromatic nitrogens is 2. The van der Waals surface area contributed by atoms with E-state index in [1.165, 1.54) is 22.0 Å². The van der Waals surface area contributed by atoms with Gasteiger partial charge in [0.25, 0.3) is 0 Å². The second-order valence-electron chi connectivity index (χ2n) is 6.56. The van der Waals surface area contributed by atoms with Gasteiger partial charge in [-0.3, -0.25) is 4.99 Å². The summed E-state index contributed by atoms with van der Waals surface area (Å²) in [6.07, 6.45) is 3.02. The quantitative estimate of drug-likeness (QED) is 0.300. The lowest BCUT2D eigenvalue weighted by molar-refractivity contribution is 0.471. The zero-order chi connectivity index (χ0) is 18.5. The van der Waals surface area contributed by atoms with E-state index < -0.39 is 0 Å². The maximum atomic E-state index is 4.81. The normalized spacial score (nSPS) is 11.5. The van der Waals surface area contributed by atoms with Crippen molar-refractivity contribution >= 4 is 52.2 Å². The van der Waals surface area contributed by atoms with E-state index in [1.54, 1.807) is 11.3 Å². The minimum Gasteiger partial charge on any atom is -0.361 e. The van der Waals surface area contributed by atoms with E-state index in [4.69, 9.17) is 4.99 Å². The number of H-pyrrole nitrogens is 1. The number of aryl methyl sites for hydroxylation is 2. The molecule has 7 heteroatoms. The molecule has 0 spiro atoms. The first kappa shape index (κ1) is 21.7. The van der Waals surface area contributed by atoms with Gasteiger partial charge in [-0.25, -0.2) is 4.98 Å². The number of benzene rings is 1. The maximum Gasteiger partial charge on any atom is 0.194 e. The summed E-state index contributed by atoms with van der Waals surface area (Å²) in [5.41, 5.74) is 4.88. The third-order valence-electron chi connectivity index (χ3n) is 4.33. The van der Waals surface area contributed by atoms with E-state index in [9.17, 15) is 0 Å². The van der Waals surface area contributed by atoms with Crippen molar-refractivity contribution in [3.63, 3.8) is 0 Å². The first-order chi connectivity index (χ1) is 12.6. The SMILES string of the molecule is CCNC(=NCCc1c[nH]c2cc(C)ccc12)N(C)Cc1csc(C)n1.I. The number of thiazole rings is 1. The Kier molecular flexibility index (Phi) is 8.09.